The first-order chi connectivity index (χ1) is 6.85. The van der Waals surface area contributed by atoms with Gasteiger partial charge in [-0.25, -0.2) is 9.36 Å². The zero-order valence-electron chi connectivity index (χ0n) is 9.08. The molecule has 84 valence electrons. The summed E-state index contributed by atoms with van der Waals surface area (Å²) in [4.78, 5) is 11.8. The molecule has 0 amide bonds. The van der Waals surface area contributed by atoms with Crippen LogP contribution in [0.2, 0.25) is 0 Å². The molecule has 0 fully saturated rings. The van der Waals surface area contributed by atoms with Crippen molar-refractivity contribution >= 4 is 22.0 Å². The highest BCUT2D eigenvalue weighted by Gasteiger charge is 2.20. The molecule has 1 aromatic heterocycles. The molecular formula is C10H15BrN2O2. The van der Waals surface area contributed by atoms with Crippen LogP contribution in [0.4, 0.5) is 4.79 Å². The number of halogens is 1. The normalized spacial score (nSPS) is 11.5. The molecule has 0 aliphatic rings. The summed E-state index contributed by atoms with van der Waals surface area (Å²) < 4.78 is 7.32. The fourth-order valence-corrected chi connectivity index (χ4v) is 1.63. The number of nitrogens with zero attached hydrogens (tertiary/aromatic N) is 1. The van der Waals surface area contributed by atoms with Crippen LogP contribution in [-0.2, 0) is 11.3 Å². The Morgan fingerprint density at radius 1 is 1.53 bits per heavy atom. The summed E-state index contributed by atoms with van der Waals surface area (Å²) >= 11 is 3.27. The first-order valence-electron chi connectivity index (χ1n) is 4.64. The standard InChI is InChI=1S/C10H15BrN2O2/c1-10(2,3)15-9(14)13-7(6-12)4-5-8(13)11/h4-5H,6,12H2,1-3H3. The number of carbonyl (C=O) groups excluding carboxylic acids is 1. The Balaban J connectivity index is 2.95. The summed E-state index contributed by atoms with van der Waals surface area (Å²) in [5.74, 6) is 0. The number of ether oxygens (including phenoxy) is 1. The molecule has 0 bridgehead atoms. The molecule has 0 unspecified atom stereocenters. The first kappa shape index (κ1) is 12.3. The van der Waals surface area contributed by atoms with Crippen molar-refractivity contribution in [3.8, 4) is 0 Å². The van der Waals surface area contributed by atoms with Gasteiger partial charge in [0.25, 0.3) is 0 Å². The monoisotopic (exact) mass is 274 g/mol. The second-order valence-corrected chi connectivity index (χ2v) is 4.98. The van der Waals surface area contributed by atoms with Gasteiger partial charge in [-0.15, -0.1) is 0 Å². The molecule has 5 heteroatoms. The molecule has 15 heavy (non-hydrogen) atoms. The number of rotatable bonds is 1. The van der Waals surface area contributed by atoms with Crippen molar-refractivity contribution in [2.24, 2.45) is 5.73 Å². The molecule has 4 nitrogen and oxygen atoms in total. The van der Waals surface area contributed by atoms with Crippen LogP contribution in [-0.4, -0.2) is 16.3 Å². The third-order valence-electron chi connectivity index (χ3n) is 1.70. The summed E-state index contributed by atoms with van der Waals surface area (Å²) in [7, 11) is 0. The Morgan fingerprint density at radius 3 is 2.60 bits per heavy atom. The second-order valence-electron chi connectivity index (χ2n) is 4.17. The predicted octanol–water partition coefficient (Wildman–Crippen LogP) is 2.49. The van der Waals surface area contributed by atoms with E-state index in [-0.39, 0.29) is 0 Å². The van der Waals surface area contributed by atoms with Gasteiger partial charge in [-0.1, -0.05) is 0 Å². The third-order valence-corrected chi connectivity index (χ3v) is 2.32. The van der Waals surface area contributed by atoms with Crippen molar-refractivity contribution in [3.63, 3.8) is 0 Å². The highest BCUT2D eigenvalue weighted by molar-refractivity contribution is 9.10. The minimum absolute atomic E-state index is 0.296. The maximum Gasteiger partial charge on any atom is 0.419 e. The smallest absolute Gasteiger partial charge is 0.419 e. The maximum atomic E-state index is 11.8. The van der Waals surface area contributed by atoms with Crippen LogP contribution >= 0.6 is 15.9 Å². The quantitative estimate of drug-likeness (QED) is 0.856. The molecule has 0 aromatic carbocycles. The van der Waals surface area contributed by atoms with E-state index < -0.39 is 11.7 Å². The van der Waals surface area contributed by atoms with Crippen molar-refractivity contribution in [1.29, 1.82) is 0 Å². The summed E-state index contributed by atoms with van der Waals surface area (Å²) in [6, 6.07) is 3.56. The first-order valence-corrected chi connectivity index (χ1v) is 5.44. The van der Waals surface area contributed by atoms with Crippen LogP contribution in [0.3, 0.4) is 0 Å². The molecule has 0 radical (unpaired) electrons. The zero-order valence-corrected chi connectivity index (χ0v) is 10.7. The van der Waals surface area contributed by atoms with Crippen molar-refractivity contribution in [2.75, 3.05) is 0 Å². The minimum Gasteiger partial charge on any atom is -0.443 e. The van der Waals surface area contributed by atoms with Gasteiger partial charge in [0, 0.05) is 12.2 Å². The van der Waals surface area contributed by atoms with E-state index in [0.717, 1.165) is 5.69 Å². The fourth-order valence-electron chi connectivity index (χ4n) is 1.12. The zero-order chi connectivity index (χ0) is 11.6. The van der Waals surface area contributed by atoms with E-state index in [2.05, 4.69) is 15.9 Å². The highest BCUT2D eigenvalue weighted by atomic mass is 79.9. The van der Waals surface area contributed by atoms with Gasteiger partial charge < -0.3 is 10.5 Å². The van der Waals surface area contributed by atoms with Crippen LogP contribution in [0.15, 0.2) is 16.7 Å². The van der Waals surface area contributed by atoms with Crippen LogP contribution in [0.25, 0.3) is 0 Å². The van der Waals surface area contributed by atoms with Crippen molar-refractivity contribution in [3.05, 3.63) is 22.4 Å². The number of hydrogen-bond donors (Lipinski definition) is 1. The van der Waals surface area contributed by atoms with E-state index in [4.69, 9.17) is 10.5 Å². The minimum atomic E-state index is -0.507. The maximum absolute atomic E-state index is 11.8. The van der Waals surface area contributed by atoms with E-state index in [9.17, 15) is 4.79 Å². The average molecular weight is 275 g/mol. The molecule has 0 aliphatic carbocycles. The van der Waals surface area contributed by atoms with Gasteiger partial charge in [-0.2, -0.15) is 0 Å². The van der Waals surface area contributed by atoms with E-state index in [1.807, 2.05) is 20.8 Å². The molecule has 0 saturated carbocycles. The molecule has 0 aliphatic heterocycles. The number of carbonyl (C=O) groups is 1. The number of hydrogen-bond acceptors (Lipinski definition) is 3. The Labute approximate surface area is 97.5 Å². The Kier molecular flexibility index (Phi) is 3.57. The van der Waals surface area contributed by atoms with Gasteiger partial charge in [0.05, 0.1) is 4.60 Å². The van der Waals surface area contributed by atoms with Gasteiger partial charge in [0.2, 0.25) is 0 Å². The highest BCUT2D eigenvalue weighted by Crippen LogP contribution is 2.18. The average Bonchev–Trinajstić information content (AvgIpc) is 2.43. The topological polar surface area (TPSA) is 57.2 Å². The fraction of sp³-hybridized carbons (Fsp3) is 0.500. The van der Waals surface area contributed by atoms with Crippen LogP contribution in [0, 0.1) is 0 Å². The largest absolute Gasteiger partial charge is 0.443 e. The van der Waals surface area contributed by atoms with Crippen molar-refractivity contribution in [2.45, 2.75) is 32.9 Å². The van der Waals surface area contributed by atoms with E-state index in [1.165, 1.54) is 4.57 Å². The molecule has 2 N–H and O–H groups in total. The molecule has 0 atom stereocenters. The summed E-state index contributed by atoms with van der Waals surface area (Å²) in [6.45, 7) is 5.77. The van der Waals surface area contributed by atoms with E-state index in [1.54, 1.807) is 12.1 Å². The molecule has 1 aromatic rings. The van der Waals surface area contributed by atoms with Gasteiger partial charge in [-0.05, 0) is 48.8 Å². The molecule has 0 saturated heterocycles. The molecule has 1 heterocycles. The van der Waals surface area contributed by atoms with Gasteiger partial charge >= 0.3 is 6.09 Å². The summed E-state index contributed by atoms with van der Waals surface area (Å²) in [5, 5.41) is 0. The van der Waals surface area contributed by atoms with E-state index >= 15 is 0 Å². The van der Waals surface area contributed by atoms with Crippen molar-refractivity contribution < 1.29 is 9.53 Å². The lowest BCUT2D eigenvalue weighted by Gasteiger charge is -2.20. The lowest BCUT2D eigenvalue weighted by molar-refractivity contribution is 0.0529. The molecule has 1 rings (SSSR count). The van der Waals surface area contributed by atoms with Crippen LogP contribution in [0.1, 0.15) is 26.5 Å². The Hall–Kier alpha value is -0.810. The van der Waals surface area contributed by atoms with Crippen LogP contribution in [0.5, 0.6) is 0 Å². The van der Waals surface area contributed by atoms with Gasteiger partial charge in [-0.3, -0.25) is 0 Å². The molecular weight excluding hydrogens is 260 g/mol. The van der Waals surface area contributed by atoms with E-state index in [0.29, 0.717) is 11.1 Å². The molecule has 0 spiro atoms. The van der Waals surface area contributed by atoms with Crippen LogP contribution < -0.4 is 5.73 Å². The number of nitrogens with two attached hydrogens (primary N) is 1. The van der Waals surface area contributed by atoms with Crippen molar-refractivity contribution in [1.82, 2.24) is 4.57 Å². The lowest BCUT2D eigenvalue weighted by atomic mass is 10.2. The summed E-state index contributed by atoms with van der Waals surface area (Å²) in [6.07, 6.45) is -0.417. The third kappa shape index (κ3) is 3.07. The SMILES string of the molecule is CC(C)(C)OC(=O)n1c(Br)ccc1CN. The Morgan fingerprint density at radius 2 is 2.13 bits per heavy atom. The Bertz CT molecular complexity index is 366. The number of aromatic nitrogens is 1. The van der Waals surface area contributed by atoms with Gasteiger partial charge in [0.1, 0.15) is 5.60 Å². The predicted molar refractivity (Wildman–Crippen MR) is 61.7 cm³/mol. The van der Waals surface area contributed by atoms with Gasteiger partial charge in [0.15, 0.2) is 0 Å². The lowest BCUT2D eigenvalue weighted by Crippen LogP contribution is -2.28. The summed E-state index contributed by atoms with van der Waals surface area (Å²) in [5.41, 5.74) is 5.73. The second kappa shape index (κ2) is 4.37.